The highest BCUT2D eigenvalue weighted by Crippen LogP contribution is 2.29. The molecular weight excluding hydrogens is 244 g/mol. The van der Waals surface area contributed by atoms with Crippen LogP contribution >= 0.6 is 11.3 Å². The van der Waals surface area contributed by atoms with Gasteiger partial charge in [-0.2, -0.15) is 0 Å². The van der Waals surface area contributed by atoms with Crippen LogP contribution in [0, 0.1) is 0 Å². The predicted molar refractivity (Wildman–Crippen MR) is 74.9 cm³/mol. The highest BCUT2D eigenvalue weighted by molar-refractivity contribution is 7.17. The third-order valence-electron chi connectivity index (χ3n) is 3.03. The lowest BCUT2D eigenvalue weighted by atomic mass is 10.3. The van der Waals surface area contributed by atoms with E-state index in [0.717, 1.165) is 17.9 Å². The molecule has 0 unspecified atom stereocenters. The largest absolute Gasteiger partial charge is 0.366 e. The molecule has 3 heterocycles. The zero-order valence-electron chi connectivity index (χ0n) is 10.4. The van der Waals surface area contributed by atoms with Crippen molar-refractivity contribution in [3.05, 3.63) is 41.9 Å². The molecule has 0 aliphatic heterocycles. The molecule has 3 aromatic rings. The molecule has 0 aliphatic rings. The summed E-state index contributed by atoms with van der Waals surface area (Å²) in [4.78, 5) is 10.9. The van der Waals surface area contributed by atoms with Crippen molar-refractivity contribution in [3.63, 3.8) is 0 Å². The van der Waals surface area contributed by atoms with E-state index in [4.69, 9.17) is 0 Å². The highest BCUT2D eigenvalue weighted by atomic mass is 32.1. The Morgan fingerprint density at radius 3 is 2.94 bits per heavy atom. The molecule has 3 rings (SSSR count). The van der Waals surface area contributed by atoms with Crippen LogP contribution in [-0.4, -0.2) is 21.6 Å². The van der Waals surface area contributed by atoms with E-state index in [1.165, 1.54) is 10.4 Å². The first-order chi connectivity index (χ1) is 8.75. The topological polar surface area (TPSA) is 34.0 Å². The minimum absolute atomic E-state index is 0.792. The van der Waals surface area contributed by atoms with E-state index in [2.05, 4.69) is 39.4 Å². The van der Waals surface area contributed by atoms with Gasteiger partial charge in [-0.1, -0.05) is 0 Å². The zero-order valence-corrected chi connectivity index (χ0v) is 11.2. The van der Waals surface area contributed by atoms with Crippen LogP contribution in [0.1, 0.15) is 5.82 Å². The summed E-state index contributed by atoms with van der Waals surface area (Å²) in [5, 5.41) is 2.08. The van der Waals surface area contributed by atoms with Crippen molar-refractivity contribution in [1.82, 2.24) is 14.5 Å². The van der Waals surface area contributed by atoms with Crippen molar-refractivity contribution < 1.29 is 0 Å². The summed E-state index contributed by atoms with van der Waals surface area (Å²) in [6, 6.07) is 4.11. The molecule has 0 bridgehead atoms. The maximum Gasteiger partial charge on any atom is 0.127 e. The first-order valence-electron chi connectivity index (χ1n) is 5.75. The zero-order chi connectivity index (χ0) is 12.5. The minimum Gasteiger partial charge on any atom is -0.366 e. The van der Waals surface area contributed by atoms with Crippen molar-refractivity contribution in [2.24, 2.45) is 7.05 Å². The molecule has 92 valence electrons. The van der Waals surface area contributed by atoms with E-state index in [-0.39, 0.29) is 0 Å². The van der Waals surface area contributed by atoms with Gasteiger partial charge in [0.05, 0.1) is 22.4 Å². The van der Waals surface area contributed by atoms with Crippen LogP contribution in [0.2, 0.25) is 0 Å². The van der Waals surface area contributed by atoms with Crippen molar-refractivity contribution in [2.75, 3.05) is 11.9 Å². The van der Waals surface area contributed by atoms with Crippen molar-refractivity contribution >= 4 is 27.2 Å². The van der Waals surface area contributed by atoms with Gasteiger partial charge in [0, 0.05) is 32.7 Å². The smallest absolute Gasteiger partial charge is 0.127 e. The average Bonchev–Trinajstić information content (AvgIpc) is 2.98. The van der Waals surface area contributed by atoms with Crippen LogP contribution in [0.25, 0.3) is 10.2 Å². The average molecular weight is 258 g/mol. The molecule has 4 nitrogen and oxygen atoms in total. The van der Waals surface area contributed by atoms with Gasteiger partial charge in [0.2, 0.25) is 0 Å². The summed E-state index contributed by atoms with van der Waals surface area (Å²) < 4.78 is 3.28. The van der Waals surface area contributed by atoms with Gasteiger partial charge in [-0.15, -0.1) is 11.3 Å². The lowest BCUT2D eigenvalue weighted by Gasteiger charge is -2.19. The fourth-order valence-corrected chi connectivity index (χ4v) is 2.93. The number of nitrogens with zero attached hydrogens (tertiary/aromatic N) is 4. The fraction of sp³-hybridized carbons (Fsp3) is 0.231. The van der Waals surface area contributed by atoms with Gasteiger partial charge in [-0.25, -0.2) is 4.98 Å². The van der Waals surface area contributed by atoms with Gasteiger partial charge < -0.3 is 9.47 Å². The van der Waals surface area contributed by atoms with E-state index >= 15 is 0 Å². The van der Waals surface area contributed by atoms with Crippen LogP contribution in [0.5, 0.6) is 0 Å². The number of thiophene rings is 1. The molecule has 0 aliphatic carbocycles. The van der Waals surface area contributed by atoms with E-state index in [1.807, 2.05) is 30.2 Å². The summed E-state index contributed by atoms with van der Waals surface area (Å²) >= 11 is 1.73. The highest BCUT2D eigenvalue weighted by Gasteiger charge is 2.10. The molecule has 0 saturated carbocycles. The molecular formula is C13H14N4S. The Labute approximate surface area is 110 Å². The third-order valence-corrected chi connectivity index (χ3v) is 3.96. The number of hydrogen-bond acceptors (Lipinski definition) is 4. The maximum atomic E-state index is 4.36. The molecule has 0 aromatic carbocycles. The second-order valence-electron chi connectivity index (χ2n) is 4.28. The summed E-state index contributed by atoms with van der Waals surface area (Å²) in [7, 11) is 4.10. The second-order valence-corrected chi connectivity index (χ2v) is 5.19. The van der Waals surface area contributed by atoms with Gasteiger partial charge in [0.25, 0.3) is 0 Å². The molecule has 18 heavy (non-hydrogen) atoms. The quantitative estimate of drug-likeness (QED) is 0.724. The Morgan fingerprint density at radius 2 is 2.17 bits per heavy atom. The van der Waals surface area contributed by atoms with Crippen molar-refractivity contribution in [3.8, 4) is 0 Å². The molecule has 0 fully saturated rings. The van der Waals surface area contributed by atoms with Gasteiger partial charge in [-0.3, -0.25) is 4.98 Å². The van der Waals surface area contributed by atoms with Gasteiger partial charge in [0.15, 0.2) is 0 Å². The number of aryl methyl sites for hydroxylation is 1. The monoisotopic (exact) mass is 258 g/mol. The normalized spacial score (nSPS) is 11.0. The number of imidazole rings is 1. The Hall–Kier alpha value is -1.88. The lowest BCUT2D eigenvalue weighted by molar-refractivity contribution is 0.763. The number of anilines is 1. The number of aromatic nitrogens is 3. The molecule has 0 spiro atoms. The minimum atomic E-state index is 0.792. The molecule has 0 radical (unpaired) electrons. The van der Waals surface area contributed by atoms with Gasteiger partial charge >= 0.3 is 0 Å². The molecule has 0 saturated heterocycles. The first-order valence-corrected chi connectivity index (χ1v) is 6.63. The van der Waals surface area contributed by atoms with E-state index in [0.29, 0.717) is 0 Å². The number of rotatable bonds is 3. The Kier molecular flexibility index (Phi) is 2.76. The Bertz CT molecular complexity index is 670. The predicted octanol–water partition coefficient (Wildman–Crippen LogP) is 2.67. The Balaban J connectivity index is 1.95. The SMILES string of the molecule is CN(Cc1nccn1C)c1ccnc2ccsc12. The number of hydrogen-bond donors (Lipinski definition) is 0. The summed E-state index contributed by atoms with van der Waals surface area (Å²) in [6.07, 6.45) is 5.66. The van der Waals surface area contributed by atoms with E-state index in [1.54, 1.807) is 11.3 Å². The summed E-state index contributed by atoms with van der Waals surface area (Å²) in [6.45, 7) is 0.792. The molecule has 0 atom stereocenters. The van der Waals surface area contributed by atoms with E-state index < -0.39 is 0 Å². The van der Waals surface area contributed by atoms with Crippen LogP contribution in [-0.2, 0) is 13.6 Å². The first kappa shape index (κ1) is 11.2. The second kappa shape index (κ2) is 4.42. The number of pyridine rings is 1. The van der Waals surface area contributed by atoms with Gasteiger partial charge in [0.1, 0.15) is 5.82 Å². The fourth-order valence-electron chi connectivity index (χ4n) is 2.01. The van der Waals surface area contributed by atoms with Crippen molar-refractivity contribution in [1.29, 1.82) is 0 Å². The van der Waals surface area contributed by atoms with Crippen LogP contribution < -0.4 is 4.90 Å². The van der Waals surface area contributed by atoms with E-state index in [9.17, 15) is 0 Å². The standard InChI is InChI=1S/C13H14N4S/c1-16-7-6-15-12(16)9-17(2)11-3-5-14-10-4-8-18-13(10)11/h3-8H,9H2,1-2H3. The van der Waals surface area contributed by atoms with Crippen LogP contribution in [0.15, 0.2) is 36.1 Å². The van der Waals surface area contributed by atoms with Crippen molar-refractivity contribution in [2.45, 2.75) is 6.54 Å². The lowest BCUT2D eigenvalue weighted by Crippen LogP contribution is -2.19. The maximum absolute atomic E-state index is 4.36. The number of fused-ring (bicyclic) bond motifs is 1. The molecule has 0 amide bonds. The molecule has 0 N–H and O–H groups in total. The summed E-state index contributed by atoms with van der Waals surface area (Å²) in [5.74, 6) is 1.05. The van der Waals surface area contributed by atoms with Gasteiger partial charge in [-0.05, 0) is 17.5 Å². The third kappa shape index (κ3) is 1.86. The Morgan fingerprint density at radius 1 is 1.28 bits per heavy atom. The molecule has 5 heteroatoms. The van der Waals surface area contributed by atoms with Crippen LogP contribution in [0.3, 0.4) is 0 Å². The summed E-state index contributed by atoms with van der Waals surface area (Å²) in [5.41, 5.74) is 2.27. The molecule has 3 aromatic heterocycles. The van der Waals surface area contributed by atoms with Crippen LogP contribution in [0.4, 0.5) is 5.69 Å².